The van der Waals surface area contributed by atoms with Crippen LogP contribution in [0.4, 0.5) is 0 Å². The van der Waals surface area contributed by atoms with Gasteiger partial charge in [0.1, 0.15) is 0 Å². The number of hydrogen-bond acceptors (Lipinski definition) is 5. The second-order valence-electron chi connectivity index (χ2n) is 2.81. The van der Waals surface area contributed by atoms with Gasteiger partial charge in [0.2, 0.25) is 11.8 Å². The fourth-order valence-corrected chi connectivity index (χ4v) is 1.17. The third-order valence-electron chi connectivity index (χ3n) is 1.77. The van der Waals surface area contributed by atoms with Crippen LogP contribution in [-0.4, -0.2) is 46.1 Å². The van der Waals surface area contributed by atoms with Crippen LogP contribution < -0.4 is 0 Å². The van der Waals surface area contributed by atoms with E-state index in [1.54, 1.807) is 0 Å². The molecule has 0 spiro atoms. The van der Waals surface area contributed by atoms with Crippen LogP contribution in [0.25, 0.3) is 0 Å². The van der Waals surface area contributed by atoms with E-state index < -0.39 is 30.6 Å². The predicted octanol–water partition coefficient (Wildman–Crippen LogP) is -1.28. The number of carbonyl (C=O) groups is 3. The lowest BCUT2D eigenvalue weighted by molar-refractivity contribution is -0.159. The van der Waals surface area contributed by atoms with Gasteiger partial charge in [0.25, 0.3) is 0 Å². The van der Waals surface area contributed by atoms with Crippen LogP contribution in [0.15, 0.2) is 0 Å². The average molecular weight is 216 g/mol. The Morgan fingerprint density at radius 1 is 1.33 bits per heavy atom. The van der Waals surface area contributed by atoms with Gasteiger partial charge in [-0.2, -0.15) is 0 Å². The van der Waals surface area contributed by atoms with E-state index >= 15 is 0 Å². The second-order valence-corrected chi connectivity index (χ2v) is 2.81. The molecule has 0 aliphatic carbocycles. The van der Waals surface area contributed by atoms with E-state index in [1.165, 1.54) is 0 Å². The topological polar surface area (TPSA) is 104 Å². The minimum atomic E-state index is -1.51. The third kappa shape index (κ3) is 2.51. The normalized spacial score (nSPS) is 16.5. The van der Waals surface area contributed by atoms with Crippen molar-refractivity contribution in [3.05, 3.63) is 6.23 Å². The Labute approximate surface area is 85.2 Å². The van der Waals surface area contributed by atoms with Gasteiger partial charge in [-0.25, -0.2) is 9.69 Å². The standard InChI is InChI=1S/C8H10NO6/c10-3-4-15-7(8(13)14)9-5(11)1-2-6(9)12/h10H,1-4H2,(H,13,14). The number of likely N-dealkylation sites (tertiary alicyclic amines) is 1. The average Bonchev–Trinajstić information content (AvgIpc) is 2.49. The molecule has 0 aromatic rings. The summed E-state index contributed by atoms with van der Waals surface area (Å²) in [6.07, 6.45) is -0.771. The zero-order valence-corrected chi connectivity index (χ0v) is 7.80. The highest BCUT2D eigenvalue weighted by molar-refractivity contribution is 6.06. The predicted molar refractivity (Wildman–Crippen MR) is 45.0 cm³/mol. The largest absolute Gasteiger partial charge is 0.478 e. The van der Waals surface area contributed by atoms with Gasteiger partial charge in [0.05, 0.1) is 13.2 Å². The molecular weight excluding hydrogens is 206 g/mol. The molecule has 1 heterocycles. The summed E-state index contributed by atoms with van der Waals surface area (Å²) in [5, 5.41) is 17.2. The molecule has 0 bridgehead atoms. The van der Waals surface area contributed by atoms with Crippen molar-refractivity contribution in [2.45, 2.75) is 12.8 Å². The summed E-state index contributed by atoms with van der Waals surface area (Å²) in [7, 11) is 0. The number of aliphatic carboxylic acids is 1. The fourth-order valence-electron chi connectivity index (χ4n) is 1.17. The quantitative estimate of drug-likeness (QED) is 0.554. The summed E-state index contributed by atoms with van der Waals surface area (Å²) >= 11 is 0. The van der Waals surface area contributed by atoms with E-state index in [0.29, 0.717) is 4.90 Å². The van der Waals surface area contributed by atoms with Crippen molar-refractivity contribution in [1.29, 1.82) is 0 Å². The molecule has 7 heteroatoms. The summed E-state index contributed by atoms with van der Waals surface area (Å²) in [6, 6.07) is 0. The number of rotatable bonds is 5. The monoisotopic (exact) mass is 216 g/mol. The first kappa shape index (κ1) is 11.6. The van der Waals surface area contributed by atoms with Gasteiger partial charge in [0.15, 0.2) is 0 Å². The van der Waals surface area contributed by atoms with Crippen LogP contribution >= 0.6 is 0 Å². The number of nitrogens with zero attached hydrogens (tertiary/aromatic N) is 1. The van der Waals surface area contributed by atoms with Gasteiger partial charge in [-0.3, -0.25) is 9.59 Å². The number of ether oxygens (including phenoxy) is 1. The summed E-state index contributed by atoms with van der Waals surface area (Å²) in [6.45, 7) is -0.675. The first-order valence-electron chi connectivity index (χ1n) is 4.27. The van der Waals surface area contributed by atoms with Crippen LogP contribution in [0, 0.1) is 6.23 Å². The van der Waals surface area contributed by atoms with Crippen LogP contribution in [0.3, 0.4) is 0 Å². The first-order chi connectivity index (χ1) is 7.07. The molecule has 1 fully saturated rings. The van der Waals surface area contributed by atoms with E-state index in [2.05, 4.69) is 4.74 Å². The van der Waals surface area contributed by atoms with Crippen molar-refractivity contribution in [1.82, 2.24) is 4.90 Å². The molecule has 7 nitrogen and oxygen atoms in total. The number of aliphatic hydroxyl groups excluding tert-OH is 1. The molecule has 2 amide bonds. The third-order valence-corrected chi connectivity index (χ3v) is 1.77. The van der Waals surface area contributed by atoms with E-state index in [9.17, 15) is 14.4 Å². The van der Waals surface area contributed by atoms with Crippen LogP contribution in [-0.2, 0) is 19.1 Å². The van der Waals surface area contributed by atoms with E-state index in [1.807, 2.05) is 0 Å². The minimum Gasteiger partial charge on any atom is -0.478 e. The lowest BCUT2D eigenvalue weighted by atomic mass is 10.4. The molecular formula is C8H10NO6. The number of hydrogen-bond donors (Lipinski definition) is 2. The zero-order valence-electron chi connectivity index (χ0n) is 7.80. The van der Waals surface area contributed by atoms with Gasteiger partial charge in [-0.15, -0.1) is 0 Å². The summed E-state index contributed by atoms with van der Waals surface area (Å²) < 4.78 is 4.63. The van der Waals surface area contributed by atoms with Gasteiger partial charge >= 0.3 is 12.2 Å². The number of amides is 2. The number of imide groups is 1. The Hall–Kier alpha value is -1.47. The molecule has 1 radical (unpaired) electrons. The molecule has 0 aromatic heterocycles. The minimum absolute atomic E-state index is 0.0158. The highest BCUT2D eigenvalue weighted by Crippen LogP contribution is 2.21. The Morgan fingerprint density at radius 2 is 1.87 bits per heavy atom. The van der Waals surface area contributed by atoms with Crippen molar-refractivity contribution in [2.75, 3.05) is 13.2 Å². The molecule has 83 valence electrons. The number of carboxylic acids is 1. The molecule has 0 saturated carbocycles. The Morgan fingerprint density at radius 3 is 2.27 bits per heavy atom. The Balaban J connectivity index is 2.74. The Kier molecular flexibility index (Phi) is 3.75. The van der Waals surface area contributed by atoms with E-state index in [4.69, 9.17) is 10.2 Å². The molecule has 1 aliphatic rings. The van der Waals surface area contributed by atoms with Crippen molar-refractivity contribution >= 4 is 17.8 Å². The summed E-state index contributed by atoms with van der Waals surface area (Å²) in [5.74, 6) is -2.71. The molecule has 15 heavy (non-hydrogen) atoms. The van der Waals surface area contributed by atoms with Crippen LogP contribution in [0.5, 0.6) is 0 Å². The maximum atomic E-state index is 11.2. The summed E-state index contributed by atoms with van der Waals surface area (Å²) in [4.78, 5) is 33.5. The number of aliphatic hydroxyl groups is 1. The number of carboxylic acid groups (broad SMARTS) is 1. The lowest BCUT2D eigenvalue weighted by Gasteiger charge is -2.19. The van der Waals surface area contributed by atoms with E-state index in [-0.39, 0.29) is 19.4 Å². The highest BCUT2D eigenvalue weighted by atomic mass is 16.5. The molecule has 2 N–H and O–H groups in total. The molecule has 0 atom stereocenters. The van der Waals surface area contributed by atoms with Crippen molar-refractivity contribution < 1.29 is 29.3 Å². The lowest BCUT2D eigenvalue weighted by Crippen LogP contribution is -2.40. The van der Waals surface area contributed by atoms with E-state index in [0.717, 1.165) is 0 Å². The highest BCUT2D eigenvalue weighted by Gasteiger charge is 2.41. The van der Waals surface area contributed by atoms with Gasteiger partial charge in [0, 0.05) is 12.8 Å². The smallest absolute Gasteiger partial charge is 0.364 e. The molecule has 1 saturated heterocycles. The van der Waals surface area contributed by atoms with Gasteiger partial charge in [-0.05, 0) is 0 Å². The van der Waals surface area contributed by atoms with Gasteiger partial charge < -0.3 is 14.9 Å². The van der Waals surface area contributed by atoms with Crippen LogP contribution in [0.1, 0.15) is 12.8 Å². The molecule has 1 aliphatic heterocycles. The maximum absolute atomic E-state index is 11.2. The summed E-state index contributed by atoms with van der Waals surface area (Å²) in [5.41, 5.74) is 0. The molecule has 0 unspecified atom stereocenters. The fraction of sp³-hybridized carbons (Fsp3) is 0.500. The first-order valence-corrected chi connectivity index (χ1v) is 4.27. The second kappa shape index (κ2) is 4.85. The SMILES string of the molecule is O=C(O)[C](OCCO)N1C(=O)CCC1=O. The van der Waals surface area contributed by atoms with Crippen molar-refractivity contribution in [3.8, 4) is 0 Å². The van der Waals surface area contributed by atoms with Crippen LogP contribution in [0.2, 0.25) is 0 Å². The van der Waals surface area contributed by atoms with Gasteiger partial charge in [-0.1, -0.05) is 0 Å². The molecule has 1 rings (SSSR count). The maximum Gasteiger partial charge on any atom is 0.364 e. The Bertz CT molecular complexity index is 273. The zero-order chi connectivity index (χ0) is 11.4. The van der Waals surface area contributed by atoms with Crippen molar-refractivity contribution in [3.63, 3.8) is 0 Å². The number of carbonyl (C=O) groups excluding carboxylic acids is 2. The van der Waals surface area contributed by atoms with Crippen molar-refractivity contribution in [2.24, 2.45) is 0 Å². The molecule has 0 aromatic carbocycles.